The summed E-state index contributed by atoms with van der Waals surface area (Å²) in [7, 11) is 2.98. The zero-order valence-electron chi connectivity index (χ0n) is 8.65. The fourth-order valence-electron chi connectivity index (χ4n) is 1.00. The first-order valence-electron chi connectivity index (χ1n) is 4.36. The smallest absolute Gasteiger partial charge is 0.287 e. The molecule has 0 radical (unpaired) electrons. The molecular formula is C9H14N2O4. The molecule has 0 unspecified atom stereocenters. The van der Waals surface area contributed by atoms with E-state index in [9.17, 15) is 4.79 Å². The van der Waals surface area contributed by atoms with Gasteiger partial charge in [0.25, 0.3) is 5.91 Å². The Bertz CT molecular complexity index is 320. The minimum atomic E-state index is -0.471. The van der Waals surface area contributed by atoms with Crippen molar-refractivity contribution >= 4 is 11.8 Å². The van der Waals surface area contributed by atoms with Gasteiger partial charge in [-0.25, -0.2) is 0 Å². The lowest BCUT2D eigenvalue weighted by Gasteiger charge is -2.13. The SMILES string of the molecule is COC(CNC(=O)c1ccc(N)o1)OC. The van der Waals surface area contributed by atoms with Crippen LogP contribution in [0.5, 0.6) is 0 Å². The third-order valence-electron chi connectivity index (χ3n) is 1.81. The summed E-state index contributed by atoms with van der Waals surface area (Å²) < 4.78 is 14.7. The minimum absolute atomic E-state index is 0.165. The molecule has 0 spiro atoms. The van der Waals surface area contributed by atoms with Gasteiger partial charge in [-0.05, 0) is 6.07 Å². The van der Waals surface area contributed by atoms with E-state index in [2.05, 4.69) is 5.32 Å². The van der Waals surface area contributed by atoms with Crippen LogP contribution in [-0.2, 0) is 9.47 Å². The molecule has 0 aliphatic rings. The first kappa shape index (κ1) is 11.5. The Balaban J connectivity index is 2.42. The Morgan fingerprint density at radius 3 is 2.67 bits per heavy atom. The maximum absolute atomic E-state index is 11.4. The minimum Gasteiger partial charge on any atom is -0.436 e. The van der Waals surface area contributed by atoms with Crippen LogP contribution in [0, 0.1) is 0 Å². The van der Waals surface area contributed by atoms with Crippen molar-refractivity contribution in [2.45, 2.75) is 6.29 Å². The molecule has 6 nitrogen and oxygen atoms in total. The van der Waals surface area contributed by atoms with Gasteiger partial charge in [-0.1, -0.05) is 0 Å². The molecule has 1 aromatic heterocycles. The Morgan fingerprint density at radius 2 is 2.20 bits per heavy atom. The van der Waals surface area contributed by atoms with Gasteiger partial charge in [-0.15, -0.1) is 0 Å². The number of rotatable bonds is 5. The zero-order valence-corrected chi connectivity index (χ0v) is 8.65. The van der Waals surface area contributed by atoms with E-state index in [1.54, 1.807) is 0 Å². The summed E-state index contributed by atoms with van der Waals surface area (Å²) in [6.07, 6.45) is -0.471. The van der Waals surface area contributed by atoms with Crippen molar-refractivity contribution in [2.24, 2.45) is 0 Å². The van der Waals surface area contributed by atoms with Crippen LogP contribution in [0.1, 0.15) is 10.6 Å². The maximum atomic E-state index is 11.4. The van der Waals surface area contributed by atoms with Crippen LogP contribution in [0.3, 0.4) is 0 Å². The zero-order chi connectivity index (χ0) is 11.3. The number of ether oxygens (including phenoxy) is 2. The lowest BCUT2D eigenvalue weighted by Crippen LogP contribution is -2.33. The fourth-order valence-corrected chi connectivity index (χ4v) is 1.00. The third-order valence-corrected chi connectivity index (χ3v) is 1.81. The Hall–Kier alpha value is -1.53. The van der Waals surface area contributed by atoms with Crippen molar-refractivity contribution in [2.75, 3.05) is 26.5 Å². The average Bonchev–Trinajstić information content (AvgIpc) is 2.66. The normalized spacial score (nSPS) is 10.6. The van der Waals surface area contributed by atoms with Gasteiger partial charge in [0.05, 0.1) is 6.54 Å². The highest BCUT2D eigenvalue weighted by atomic mass is 16.7. The first-order chi connectivity index (χ1) is 7.17. The van der Waals surface area contributed by atoms with Gasteiger partial charge >= 0.3 is 0 Å². The topological polar surface area (TPSA) is 86.7 Å². The van der Waals surface area contributed by atoms with Crippen molar-refractivity contribution in [3.63, 3.8) is 0 Å². The summed E-state index contributed by atoms with van der Waals surface area (Å²) in [4.78, 5) is 11.4. The van der Waals surface area contributed by atoms with Gasteiger partial charge in [-0.2, -0.15) is 0 Å². The lowest BCUT2D eigenvalue weighted by molar-refractivity contribution is -0.0975. The maximum Gasteiger partial charge on any atom is 0.287 e. The summed E-state index contributed by atoms with van der Waals surface area (Å²) in [5, 5.41) is 2.58. The number of nitrogens with two attached hydrogens (primary N) is 1. The van der Waals surface area contributed by atoms with Crippen molar-refractivity contribution in [1.29, 1.82) is 0 Å². The van der Waals surface area contributed by atoms with E-state index in [4.69, 9.17) is 19.6 Å². The van der Waals surface area contributed by atoms with Gasteiger partial charge in [0.1, 0.15) is 0 Å². The number of nitrogen functional groups attached to an aromatic ring is 1. The number of nitrogens with one attached hydrogen (secondary N) is 1. The molecule has 0 atom stereocenters. The number of carbonyl (C=O) groups excluding carboxylic acids is 1. The van der Waals surface area contributed by atoms with Crippen molar-refractivity contribution in [3.8, 4) is 0 Å². The van der Waals surface area contributed by atoms with E-state index in [0.29, 0.717) is 0 Å². The van der Waals surface area contributed by atoms with Crippen LogP contribution in [0.25, 0.3) is 0 Å². The molecule has 0 aromatic carbocycles. The van der Waals surface area contributed by atoms with Gasteiger partial charge < -0.3 is 24.9 Å². The molecular weight excluding hydrogens is 200 g/mol. The summed E-state index contributed by atoms with van der Waals surface area (Å²) in [5.41, 5.74) is 5.33. The van der Waals surface area contributed by atoms with E-state index >= 15 is 0 Å². The van der Waals surface area contributed by atoms with E-state index < -0.39 is 6.29 Å². The molecule has 0 aliphatic heterocycles. The molecule has 1 heterocycles. The lowest BCUT2D eigenvalue weighted by atomic mass is 10.4. The second-order valence-electron chi connectivity index (χ2n) is 2.81. The van der Waals surface area contributed by atoms with E-state index in [0.717, 1.165) is 0 Å². The van der Waals surface area contributed by atoms with Gasteiger partial charge in [0.2, 0.25) is 0 Å². The predicted octanol–water partition coefficient (Wildman–Crippen LogP) is 0.211. The predicted molar refractivity (Wildman–Crippen MR) is 53.3 cm³/mol. The molecule has 15 heavy (non-hydrogen) atoms. The van der Waals surface area contributed by atoms with Gasteiger partial charge in [-0.3, -0.25) is 4.79 Å². The summed E-state index contributed by atoms with van der Waals surface area (Å²) in [5.74, 6) is 0.0134. The highest BCUT2D eigenvalue weighted by Crippen LogP contribution is 2.08. The number of furan rings is 1. The molecule has 1 aromatic rings. The van der Waals surface area contributed by atoms with Crippen LogP contribution < -0.4 is 11.1 Å². The highest BCUT2D eigenvalue weighted by Gasteiger charge is 2.12. The molecule has 0 bridgehead atoms. The Kier molecular flexibility index (Phi) is 4.14. The third kappa shape index (κ3) is 3.26. The largest absolute Gasteiger partial charge is 0.436 e. The summed E-state index contributed by atoms with van der Waals surface area (Å²) in [6, 6.07) is 3.01. The number of amides is 1. The molecule has 0 saturated carbocycles. The molecule has 0 aliphatic carbocycles. The summed E-state index contributed by atoms with van der Waals surface area (Å²) >= 11 is 0. The van der Waals surface area contributed by atoms with Crippen LogP contribution in [-0.4, -0.2) is 33.0 Å². The second kappa shape index (κ2) is 5.38. The molecule has 0 fully saturated rings. The van der Waals surface area contributed by atoms with Crippen LogP contribution in [0.15, 0.2) is 16.5 Å². The standard InChI is InChI=1S/C9H14N2O4/c1-13-8(14-2)5-11-9(12)6-3-4-7(10)15-6/h3-4,8H,5,10H2,1-2H3,(H,11,12). The molecule has 84 valence electrons. The monoisotopic (exact) mass is 214 g/mol. The van der Waals surface area contributed by atoms with E-state index in [1.807, 2.05) is 0 Å². The molecule has 1 amide bonds. The number of carbonyl (C=O) groups is 1. The van der Waals surface area contributed by atoms with Crippen LogP contribution in [0.4, 0.5) is 5.88 Å². The number of anilines is 1. The van der Waals surface area contributed by atoms with Crippen LogP contribution in [0.2, 0.25) is 0 Å². The molecule has 1 rings (SSSR count). The van der Waals surface area contributed by atoms with Gasteiger partial charge in [0.15, 0.2) is 17.9 Å². The van der Waals surface area contributed by atoms with Crippen molar-refractivity contribution in [1.82, 2.24) is 5.32 Å². The summed E-state index contributed by atoms with van der Waals surface area (Å²) in [6.45, 7) is 0.242. The average molecular weight is 214 g/mol. The van der Waals surface area contributed by atoms with Gasteiger partial charge in [0, 0.05) is 20.3 Å². The van der Waals surface area contributed by atoms with E-state index in [1.165, 1.54) is 26.4 Å². The number of hydrogen-bond donors (Lipinski definition) is 2. The molecule has 3 N–H and O–H groups in total. The number of methoxy groups -OCH3 is 2. The molecule has 0 saturated heterocycles. The van der Waals surface area contributed by atoms with E-state index in [-0.39, 0.29) is 24.1 Å². The second-order valence-corrected chi connectivity index (χ2v) is 2.81. The quantitative estimate of drug-likeness (QED) is 0.684. The highest BCUT2D eigenvalue weighted by molar-refractivity contribution is 5.91. The Labute approximate surface area is 87.3 Å². The van der Waals surface area contributed by atoms with Crippen LogP contribution >= 0.6 is 0 Å². The molecule has 6 heteroatoms. The Morgan fingerprint density at radius 1 is 1.53 bits per heavy atom. The number of hydrogen-bond acceptors (Lipinski definition) is 5. The van der Waals surface area contributed by atoms with Crippen molar-refractivity contribution < 1.29 is 18.7 Å². The first-order valence-corrected chi connectivity index (χ1v) is 4.36. The van der Waals surface area contributed by atoms with Crippen molar-refractivity contribution in [3.05, 3.63) is 17.9 Å². The fraction of sp³-hybridized carbons (Fsp3) is 0.444.